The van der Waals surface area contributed by atoms with Gasteiger partial charge in [-0.2, -0.15) is 4.68 Å². The van der Waals surface area contributed by atoms with Crippen LogP contribution in [-0.4, -0.2) is 49.8 Å². The van der Waals surface area contributed by atoms with E-state index in [2.05, 4.69) is 20.8 Å². The van der Waals surface area contributed by atoms with E-state index >= 15 is 0 Å². The van der Waals surface area contributed by atoms with Crippen LogP contribution in [0.1, 0.15) is 37.6 Å². The summed E-state index contributed by atoms with van der Waals surface area (Å²) in [6.07, 6.45) is 1.22. The fourth-order valence-electron chi connectivity index (χ4n) is 2.32. The number of tetrazole rings is 1. The molecule has 134 valence electrons. The lowest BCUT2D eigenvalue weighted by Crippen LogP contribution is -2.51. The Balaban J connectivity index is 2.33. The van der Waals surface area contributed by atoms with Gasteiger partial charge < -0.3 is 15.2 Å². The fourth-order valence-corrected chi connectivity index (χ4v) is 2.32. The zero-order chi connectivity index (χ0) is 18.6. The van der Waals surface area contributed by atoms with Crippen LogP contribution in [0.25, 0.3) is 5.69 Å². The topological polar surface area (TPSA) is 119 Å². The predicted molar refractivity (Wildman–Crippen MR) is 88.7 cm³/mol. The largest absolute Gasteiger partial charge is 0.494 e. The molecule has 1 atom stereocenters. The van der Waals surface area contributed by atoms with E-state index in [-0.39, 0.29) is 18.2 Å². The van der Waals surface area contributed by atoms with Crippen molar-refractivity contribution in [1.82, 2.24) is 25.5 Å². The number of carbonyl (C=O) groups is 2. The van der Waals surface area contributed by atoms with Gasteiger partial charge in [0.1, 0.15) is 17.8 Å². The summed E-state index contributed by atoms with van der Waals surface area (Å²) in [7, 11) is 1.51. The fraction of sp³-hybridized carbons (Fsp3) is 0.438. The standard InChI is InChI=1S/C16H21N5O4/c1-10(2)16(3,8-14(22)23)18-15(24)11-5-6-13(25-4)12(7-11)21-9-17-19-20-21/h5-7,9-10H,8H2,1-4H3,(H,18,24)(H,22,23). The van der Waals surface area contributed by atoms with Crippen molar-refractivity contribution in [1.29, 1.82) is 0 Å². The summed E-state index contributed by atoms with van der Waals surface area (Å²) in [4.78, 5) is 23.8. The molecule has 9 nitrogen and oxygen atoms in total. The first-order valence-corrected chi connectivity index (χ1v) is 7.72. The molecule has 0 aliphatic rings. The second kappa shape index (κ2) is 7.29. The molecule has 0 radical (unpaired) electrons. The first kappa shape index (κ1) is 18.4. The maximum absolute atomic E-state index is 12.7. The molecule has 1 amide bonds. The van der Waals surface area contributed by atoms with Crippen LogP contribution in [0.4, 0.5) is 0 Å². The summed E-state index contributed by atoms with van der Waals surface area (Å²) >= 11 is 0. The van der Waals surface area contributed by atoms with Gasteiger partial charge in [-0.15, -0.1) is 5.10 Å². The second-order valence-corrected chi connectivity index (χ2v) is 6.24. The van der Waals surface area contributed by atoms with Gasteiger partial charge >= 0.3 is 5.97 Å². The van der Waals surface area contributed by atoms with E-state index in [0.717, 1.165) is 0 Å². The molecule has 9 heteroatoms. The van der Waals surface area contributed by atoms with Crippen molar-refractivity contribution in [3.63, 3.8) is 0 Å². The summed E-state index contributed by atoms with van der Waals surface area (Å²) in [6.45, 7) is 5.45. The summed E-state index contributed by atoms with van der Waals surface area (Å²) < 4.78 is 6.65. The molecule has 0 aliphatic carbocycles. The van der Waals surface area contributed by atoms with Crippen LogP contribution >= 0.6 is 0 Å². The van der Waals surface area contributed by atoms with Gasteiger partial charge in [-0.25, -0.2) is 0 Å². The Morgan fingerprint density at radius 3 is 2.64 bits per heavy atom. The SMILES string of the molecule is COc1ccc(C(=O)NC(C)(CC(=O)O)C(C)C)cc1-n1cnnn1. The smallest absolute Gasteiger partial charge is 0.305 e. The van der Waals surface area contributed by atoms with Crippen LogP contribution < -0.4 is 10.1 Å². The maximum atomic E-state index is 12.7. The van der Waals surface area contributed by atoms with E-state index in [4.69, 9.17) is 9.84 Å². The molecule has 1 aromatic heterocycles. The minimum atomic E-state index is -0.972. The first-order valence-electron chi connectivity index (χ1n) is 7.72. The number of hydrogen-bond acceptors (Lipinski definition) is 6. The number of carboxylic acids is 1. The van der Waals surface area contributed by atoms with Crippen molar-refractivity contribution in [3.8, 4) is 11.4 Å². The van der Waals surface area contributed by atoms with E-state index in [1.165, 1.54) is 18.1 Å². The quantitative estimate of drug-likeness (QED) is 0.774. The normalized spacial score (nSPS) is 13.3. The second-order valence-electron chi connectivity index (χ2n) is 6.24. The molecule has 0 saturated carbocycles. The molecular formula is C16H21N5O4. The van der Waals surface area contributed by atoms with Crippen LogP contribution in [0.15, 0.2) is 24.5 Å². The lowest BCUT2D eigenvalue weighted by atomic mass is 9.85. The molecule has 1 aromatic carbocycles. The van der Waals surface area contributed by atoms with Crippen LogP contribution in [0.3, 0.4) is 0 Å². The van der Waals surface area contributed by atoms with Gasteiger partial charge in [0.25, 0.3) is 5.91 Å². The van der Waals surface area contributed by atoms with Crippen molar-refractivity contribution >= 4 is 11.9 Å². The van der Waals surface area contributed by atoms with Crippen molar-refractivity contribution in [3.05, 3.63) is 30.1 Å². The zero-order valence-corrected chi connectivity index (χ0v) is 14.6. The van der Waals surface area contributed by atoms with Gasteiger partial charge in [0.2, 0.25) is 0 Å². The molecule has 25 heavy (non-hydrogen) atoms. The van der Waals surface area contributed by atoms with Crippen molar-refractivity contribution in [2.75, 3.05) is 7.11 Å². The highest BCUT2D eigenvalue weighted by Crippen LogP contribution is 2.25. The molecular weight excluding hydrogens is 326 g/mol. The Bertz CT molecular complexity index is 760. The average Bonchev–Trinajstić information content (AvgIpc) is 3.07. The summed E-state index contributed by atoms with van der Waals surface area (Å²) in [5, 5.41) is 22.9. The molecule has 2 rings (SSSR count). The van der Waals surface area contributed by atoms with Gasteiger partial charge in [0, 0.05) is 5.56 Å². The van der Waals surface area contributed by atoms with E-state index in [1.807, 2.05) is 13.8 Å². The predicted octanol–water partition coefficient (Wildman–Crippen LogP) is 1.29. The highest BCUT2D eigenvalue weighted by atomic mass is 16.5. The Labute approximate surface area is 145 Å². The lowest BCUT2D eigenvalue weighted by Gasteiger charge is -2.33. The molecule has 1 heterocycles. The van der Waals surface area contributed by atoms with Gasteiger partial charge in [0.05, 0.1) is 19.1 Å². The number of carboxylic acid groups (broad SMARTS) is 1. The number of aliphatic carboxylic acids is 1. The number of methoxy groups -OCH3 is 1. The molecule has 2 N–H and O–H groups in total. The molecule has 0 fully saturated rings. The minimum Gasteiger partial charge on any atom is -0.494 e. The van der Waals surface area contributed by atoms with Gasteiger partial charge in [0.15, 0.2) is 0 Å². The van der Waals surface area contributed by atoms with Crippen LogP contribution in [0, 0.1) is 5.92 Å². The summed E-state index contributed by atoms with van der Waals surface area (Å²) in [6, 6.07) is 4.82. The third kappa shape index (κ3) is 4.11. The van der Waals surface area contributed by atoms with E-state index in [1.54, 1.807) is 25.1 Å². The highest BCUT2D eigenvalue weighted by Gasteiger charge is 2.33. The molecule has 0 spiro atoms. The van der Waals surface area contributed by atoms with Crippen molar-refractivity contribution < 1.29 is 19.4 Å². The number of rotatable bonds is 7. The van der Waals surface area contributed by atoms with E-state index in [9.17, 15) is 9.59 Å². The molecule has 0 bridgehead atoms. The van der Waals surface area contributed by atoms with Gasteiger partial charge in [-0.1, -0.05) is 13.8 Å². The van der Waals surface area contributed by atoms with Crippen molar-refractivity contribution in [2.45, 2.75) is 32.7 Å². The summed E-state index contributed by atoms with van der Waals surface area (Å²) in [5.74, 6) is -0.916. The third-order valence-corrected chi connectivity index (χ3v) is 4.23. The molecule has 2 aromatic rings. The Hall–Kier alpha value is -2.97. The monoisotopic (exact) mass is 347 g/mol. The Morgan fingerprint density at radius 1 is 1.40 bits per heavy atom. The van der Waals surface area contributed by atoms with Crippen molar-refractivity contribution in [2.24, 2.45) is 5.92 Å². The Morgan fingerprint density at radius 2 is 2.12 bits per heavy atom. The number of carbonyl (C=O) groups excluding carboxylic acids is 1. The van der Waals surface area contributed by atoms with Gasteiger partial charge in [-0.3, -0.25) is 9.59 Å². The molecule has 0 saturated heterocycles. The number of nitrogens with one attached hydrogen (secondary N) is 1. The Kier molecular flexibility index (Phi) is 5.35. The lowest BCUT2D eigenvalue weighted by molar-refractivity contribution is -0.138. The third-order valence-electron chi connectivity index (χ3n) is 4.23. The molecule has 1 unspecified atom stereocenters. The number of benzene rings is 1. The van der Waals surface area contributed by atoms with Crippen LogP contribution in [0.2, 0.25) is 0 Å². The number of ether oxygens (including phenoxy) is 1. The first-order chi connectivity index (χ1) is 11.8. The number of aromatic nitrogens is 4. The van der Waals surface area contributed by atoms with Crippen LogP contribution in [0.5, 0.6) is 5.75 Å². The average molecular weight is 347 g/mol. The number of amides is 1. The number of nitrogens with zero attached hydrogens (tertiary/aromatic N) is 4. The minimum absolute atomic E-state index is 0.0650. The van der Waals surface area contributed by atoms with E-state index in [0.29, 0.717) is 17.0 Å². The maximum Gasteiger partial charge on any atom is 0.305 e. The van der Waals surface area contributed by atoms with E-state index < -0.39 is 11.5 Å². The highest BCUT2D eigenvalue weighted by molar-refractivity contribution is 5.95. The van der Waals surface area contributed by atoms with Gasteiger partial charge in [-0.05, 0) is 41.5 Å². The summed E-state index contributed by atoms with van der Waals surface area (Å²) in [5.41, 5.74) is -0.0224. The zero-order valence-electron chi connectivity index (χ0n) is 14.6. The number of hydrogen-bond donors (Lipinski definition) is 2. The van der Waals surface area contributed by atoms with Crippen LogP contribution in [-0.2, 0) is 4.79 Å². The molecule has 0 aliphatic heterocycles.